The highest BCUT2D eigenvalue weighted by molar-refractivity contribution is 5.69. The van der Waals surface area contributed by atoms with Gasteiger partial charge in [-0.1, -0.05) is 17.3 Å². The number of nitrogens with two attached hydrogens (primary N) is 2. The first-order valence-corrected chi connectivity index (χ1v) is 6.58. The van der Waals surface area contributed by atoms with E-state index in [4.69, 9.17) is 26.1 Å². The molecular formula is C15H17N5O2. The van der Waals surface area contributed by atoms with Gasteiger partial charge in [-0.05, 0) is 26.0 Å². The Balaban J connectivity index is 2.19. The molecule has 0 amide bonds. The SMILES string of the molecule is Cc1noc(C)c1COc1cccc(/C(N)=C(\C#N)NN)c1. The lowest BCUT2D eigenvalue weighted by atomic mass is 10.1. The Labute approximate surface area is 128 Å². The fourth-order valence-corrected chi connectivity index (χ4v) is 1.93. The molecule has 0 unspecified atom stereocenters. The summed E-state index contributed by atoms with van der Waals surface area (Å²) in [7, 11) is 0. The van der Waals surface area contributed by atoms with E-state index in [1.165, 1.54) is 0 Å². The van der Waals surface area contributed by atoms with Crippen molar-refractivity contribution in [1.29, 1.82) is 5.26 Å². The molecule has 0 atom stereocenters. The molecule has 114 valence electrons. The standard InChI is InChI=1S/C15H17N5O2/c1-9-13(10(2)22-20-9)8-21-12-5-3-4-11(6-12)15(17)14(7-16)19-18/h3-6,19H,8,17-18H2,1-2H3/b15-14-. The zero-order chi connectivity index (χ0) is 16.1. The molecule has 0 saturated heterocycles. The van der Waals surface area contributed by atoms with Crippen molar-refractivity contribution in [3.63, 3.8) is 0 Å². The Morgan fingerprint density at radius 3 is 2.82 bits per heavy atom. The molecule has 5 N–H and O–H groups in total. The van der Waals surface area contributed by atoms with E-state index in [-0.39, 0.29) is 11.4 Å². The first-order chi connectivity index (χ1) is 10.6. The van der Waals surface area contributed by atoms with Crippen LogP contribution < -0.4 is 21.7 Å². The van der Waals surface area contributed by atoms with Crippen LogP contribution in [0.4, 0.5) is 0 Å². The molecule has 1 heterocycles. The average Bonchev–Trinajstić information content (AvgIpc) is 2.85. The quantitative estimate of drug-likeness (QED) is 0.434. The third-order valence-electron chi connectivity index (χ3n) is 3.23. The number of hydrogen-bond acceptors (Lipinski definition) is 7. The lowest BCUT2D eigenvalue weighted by Crippen LogP contribution is -2.23. The van der Waals surface area contributed by atoms with Crippen LogP contribution in [0.25, 0.3) is 5.70 Å². The molecule has 22 heavy (non-hydrogen) atoms. The lowest BCUT2D eigenvalue weighted by Gasteiger charge is -2.09. The van der Waals surface area contributed by atoms with Crippen LogP contribution in [0.5, 0.6) is 5.75 Å². The maximum Gasteiger partial charge on any atom is 0.151 e. The van der Waals surface area contributed by atoms with Crippen molar-refractivity contribution in [3.8, 4) is 11.8 Å². The molecule has 7 nitrogen and oxygen atoms in total. The minimum Gasteiger partial charge on any atom is -0.489 e. The number of nitrogens with one attached hydrogen (secondary N) is 1. The number of benzene rings is 1. The van der Waals surface area contributed by atoms with Crippen molar-refractivity contribution < 1.29 is 9.26 Å². The van der Waals surface area contributed by atoms with Crippen LogP contribution in [0.15, 0.2) is 34.5 Å². The Bertz CT molecular complexity index is 723. The number of aromatic nitrogens is 1. The third-order valence-corrected chi connectivity index (χ3v) is 3.23. The Hall–Kier alpha value is -2.98. The summed E-state index contributed by atoms with van der Waals surface area (Å²) in [5, 5.41) is 12.8. The molecular weight excluding hydrogens is 282 g/mol. The fourth-order valence-electron chi connectivity index (χ4n) is 1.93. The van der Waals surface area contributed by atoms with Crippen LogP contribution in [0.3, 0.4) is 0 Å². The number of allylic oxidation sites excluding steroid dienone is 1. The number of hydrogen-bond donors (Lipinski definition) is 3. The molecule has 2 rings (SSSR count). The summed E-state index contributed by atoms with van der Waals surface area (Å²) in [4.78, 5) is 0. The fraction of sp³-hybridized carbons (Fsp3) is 0.200. The Morgan fingerprint density at radius 2 is 2.23 bits per heavy atom. The maximum absolute atomic E-state index is 8.94. The second kappa shape index (κ2) is 6.65. The smallest absolute Gasteiger partial charge is 0.151 e. The van der Waals surface area contributed by atoms with Crippen molar-refractivity contribution in [3.05, 3.63) is 52.5 Å². The van der Waals surface area contributed by atoms with E-state index in [2.05, 4.69) is 10.6 Å². The molecule has 2 aromatic rings. The molecule has 1 aromatic carbocycles. The lowest BCUT2D eigenvalue weighted by molar-refractivity contribution is 0.301. The van der Waals surface area contributed by atoms with E-state index in [1.54, 1.807) is 24.3 Å². The number of hydrazine groups is 1. The van der Waals surface area contributed by atoms with Gasteiger partial charge in [0.05, 0.1) is 17.0 Å². The summed E-state index contributed by atoms with van der Waals surface area (Å²) >= 11 is 0. The van der Waals surface area contributed by atoms with Gasteiger partial charge in [0.1, 0.15) is 24.2 Å². The molecule has 0 spiro atoms. The predicted molar refractivity (Wildman–Crippen MR) is 80.8 cm³/mol. The van der Waals surface area contributed by atoms with Gasteiger partial charge in [-0.25, -0.2) is 5.84 Å². The van der Waals surface area contributed by atoms with Gasteiger partial charge in [0.15, 0.2) is 5.70 Å². The van der Waals surface area contributed by atoms with Crippen molar-refractivity contribution in [2.75, 3.05) is 0 Å². The second-order valence-electron chi connectivity index (χ2n) is 4.66. The van der Waals surface area contributed by atoms with Gasteiger partial charge in [-0.2, -0.15) is 5.26 Å². The van der Waals surface area contributed by atoms with Gasteiger partial charge in [-0.15, -0.1) is 0 Å². The molecule has 0 aliphatic carbocycles. The highest BCUT2D eigenvalue weighted by atomic mass is 16.5. The number of nitriles is 1. The number of ether oxygens (including phenoxy) is 1. The minimum atomic E-state index is 0.0999. The van der Waals surface area contributed by atoms with E-state index < -0.39 is 0 Å². The van der Waals surface area contributed by atoms with Crippen molar-refractivity contribution in [1.82, 2.24) is 10.6 Å². The first-order valence-electron chi connectivity index (χ1n) is 6.58. The molecule has 0 bridgehead atoms. The van der Waals surface area contributed by atoms with Crippen molar-refractivity contribution in [2.45, 2.75) is 20.5 Å². The third kappa shape index (κ3) is 3.19. The van der Waals surface area contributed by atoms with Crippen LogP contribution in [-0.4, -0.2) is 5.16 Å². The Morgan fingerprint density at radius 1 is 1.45 bits per heavy atom. The van der Waals surface area contributed by atoms with Crippen LogP contribution in [-0.2, 0) is 6.61 Å². The van der Waals surface area contributed by atoms with Crippen molar-refractivity contribution in [2.24, 2.45) is 11.6 Å². The summed E-state index contributed by atoms with van der Waals surface area (Å²) < 4.78 is 10.8. The molecule has 0 fully saturated rings. The molecule has 0 radical (unpaired) electrons. The van der Waals surface area contributed by atoms with Gasteiger partial charge in [0, 0.05) is 5.56 Å². The normalized spacial score (nSPS) is 11.5. The Kier molecular flexibility index (Phi) is 4.66. The number of rotatable bonds is 5. The van der Waals surface area contributed by atoms with Gasteiger partial charge in [-0.3, -0.25) is 0 Å². The molecule has 0 saturated carbocycles. The first kappa shape index (κ1) is 15.4. The van der Waals surface area contributed by atoms with E-state index >= 15 is 0 Å². The molecule has 0 aliphatic heterocycles. The summed E-state index contributed by atoms with van der Waals surface area (Å²) in [6.07, 6.45) is 0. The van der Waals surface area contributed by atoms with E-state index in [0.717, 1.165) is 17.0 Å². The van der Waals surface area contributed by atoms with Crippen LogP contribution in [0, 0.1) is 25.2 Å². The molecule has 1 aromatic heterocycles. The number of aryl methyl sites for hydroxylation is 2. The van der Waals surface area contributed by atoms with E-state index in [0.29, 0.717) is 17.9 Å². The highest BCUT2D eigenvalue weighted by Gasteiger charge is 2.10. The molecule has 7 heteroatoms. The summed E-state index contributed by atoms with van der Waals surface area (Å²) in [5.41, 5.74) is 10.9. The van der Waals surface area contributed by atoms with Gasteiger partial charge >= 0.3 is 0 Å². The largest absolute Gasteiger partial charge is 0.489 e. The molecule has 0 aliphatic rings. The predicted octanol–water partition coefficient (Wildman–Crippen LogP) is 1.48. The zero-order valence-corrected chi connectivity index (χ0v) is 12.4. The van der Waals surface area contributed by atoms with Gasteiger partial charge < -0.3 is 20.4 Å². The van der Waals surface area contributed by atoms with Gasteiger partial charge in [0.25, 0.3) is 0 Å². The van der Waals surface area contributed by atoms with Crippen LogP contribution in [0.1, 0.15) is 22.6 Å². The summed E-state index contributed by atoms with van der Waals surface area (Å²) in [6, 6.07) is 9.00. The zero-order valence-electron chi connectivity index (χ0n) is 12.4. The van der Waals surface area contributed by atoms with Crippen molar-refractivity contribution >= 4 is 5.70 Å². The second-order valence-corrected chi connectivity index (χ2v) is 4.66. The maximum atomic E-state index is 8.94. The van der Waals surface area contributed by atoms with Gasteiger partial charge in [0.2, 0.25) is 0 Å². The van der Waals surface area contributed by atoms with Crippen LogP contribution in [0.2, 0.25) is 0 Å². The summed E-state index contributed by atoms with van der Waals surface area (Å²) in [5.74, 6) is 6.61. The monoisotopic (exact) mass is 299 g/mol. The summed E-state index contributed by atoms with van der Waals surface area (Å²) in [6.45, 7) is 4.04. The highest BCUT2D eigenvalue weighted by Crippen LogP contribution is 2.21. The average molecular weight is 299 g/mol. The topological polar surface area (TPSA) is 123 Å². The number of nitrogens with zero attached hydrogens (tertiary/aromatic N) is 2. The van der Waals surface area contributed by atoms with E-state index in [1.807, 2.05) is 19.9 Å². The van der Waals surface area contributed by atoms with Crippen LogP contribution >= 0.6 is 0 Å². The minimum absolute atomic E-state index is 0.0999. The van der Waals surface area contributed by atoms with E-state index in [9.17, 15) is 0 Å².